The maximum absolute atomic E-state index is 5.49. The zero-order valence-corrected chi connectivity index (χ0v) is 11.9. The molecular formula is C18H18N+. The second-order valence-electron chi connectivity index (χ2n) is 5.81. The molecule has 0 unspecified atom stereocenters. The van der Waals surface area contributed by atoms with E-state index in [0.29, 0.717) is 0 Å². The lowest BCUT2D eigenvalue weighted by Crippen LogP contribution is -2.25. The Labute approximate surface area is 114 Å². The summed E-state index contributed by atoms with van der Waals surface area (Å²) in [6.45, 7) is 6.79. The summed E-state index contributed by atoms with van der Waals surface area (Å²) < 4.78 is 2.30. The van der Waals surface area contributed by atoms with Gasteiger partial charge in [0.05, 0.1) is 5.41 Å². The number of nitrogens with zero attached hydrogens (tertiary/aromatic N) is 1. The molecule has 0 radical (unpaired) electrons. The minimum absolute atomic E-state index is 0.0707. The van der Waals surface area contributed by atoms with Crippen molar-refractivity contribution in [1.29, 1.82) is 0 Å². The van der Waals surface area contributed by atoms with Crippen LogP contribution in [0.2, 0.25) is 0 Å². The first-order valence-electron chi connectivity index (χ1n) is 6.58. The fraction of sp³-hybridized carbons (Fsp3) is 0.278. The summed E-state index contributed by atoms with van der Waals surface area (Å²) in [7, 11) is 2.14. The van der Waals surface area contributed by atoms with Gasteiger partial charge in [0, 0.05) is 24.1 Å². The van der Waals surface area contributed by atoms with E-state index in [1.54, 1.807) is 0 Å². The molecule has 2 aromatic carbocycles. The number of benzene rings is 2. The van der Waals surface area contributed by atoms with Gasteiger partial charge >= 0.3 is 0 Å². The number of hydrogen-bond donors (Lipinski definition) is 0. The van der Waals surface area contributed by atoms with Crippen molar-refractivity contribution < 1.29 is 4.58 Å². The van der Waals surface area contributed by atoms with E-state index in [2.05, 4.69) is 62.6 Å². The molecule has 1 heterocycles. The molecule has 0 fully saturated rings. The average molecular weight is 248 g/mol. The van der Waals surface area contributed by atoms with Crippen molar-refractivity contribution >= 4 is 22.2 Å². The molecule has 0 spiro atoms. The Hall–Kier alpha value is -2.07. The molecule has 0 bridgehead atoms. The summed E-state index contributed by atoms with van der Waals surface area (Å²) in [5.74, 6) is 2.71. The van der Waals surface area contributed by atoms with Crippen LogP contribution in [0.15, 0.2) is 30.3 Å². The zero-order valence-electron chi connectivity index (χ0n) is 11.9. The van der Waals surface area contributed by atoms with Crippen molar-refractivity contribution in [2.75, 3.05) is 7.05 Å². The van der Waals surface area contributed by atoms with Crippen LogP contribution in [0.4, 0.5) is 5.69 Å². The SMILES string of the molecule is C#Cc1ccc2c3c(ccc2c1)[N+](C)=C(C)C3(C)C. The van der Waals surface area contributed by atoms with Gasteiger partial charge < -0.3 is 0 Å². The predicted octanol–water partition coefficient (Wildman–Crippen LogP) is 3.85. The molecule has 0 amide bonds. The molecule has 0 aliphatic carbocycles. The van der Waals surface area contributed by atoms with Crippen LogP contribution in [0, 0.1) is 12.3 Å². The van der Waals surface area contributed by atoms with Crippen molar-refractivity contribution in [1.82, 2.24) is 0 Å². The molecule has 1 nitrogen and oxygen atoms in total. The van der Waals surface area contributed by atoms with Crippen molar-refractivity contribution in [3.05, 3.63) is 41.5 Å². The van der Waals surface area contributed by atoms with Crippen LogP contribution in [0.5, 0.6) is 0 Å². The molecular weight excluding hydrogens is 230 g/mol. The Balaban J connectivity index is 2.41. The van der Waals surface area contributed by atoms with Crippen LogP contribution in [-0.2, 0) is 5.41 Å². The third kappa shape index (κ3) is 1.47. The van der Waals surface area contributed by atoms with Gasteiger partial charge in [0.1, 0.15) is 7.05 Å². The topological polar surface area (TPSA) is 3.01 Å². The van der Waals surface area contributed by atoms with Gasteiger partial charge in [-0.3, -0.25) is 0 Å². The van der Waals surface area contributed by atoms with Crippen molar-refractivity contribution in [3.63, 3.8) is 0 Å². The first-order chi connectivity index (χ1) is 8.96. The van der Waals surface area contributed by atoms with Gasteiger partial charge in [-0.05, 0) is 42.8 Å². The maximum Gasteiger partial charge on any atom is 0.209 e. The molecule has 1 heteroatoms. The van der Waals surface area contributed by atoms with Gasteiger partial charge in [-0.1, -0.05) is 12.0 Å². The Morgan fingerprint density at radius 3 is 2.58 bits per heavy atom. The fourth-order valence-corrected chi connectivity index (χ4v) is 3.13. The van der Waals surface area contributed by atoms with E-state index in [0.717, 1.165) is 5.56 Å². The van der Waals surface area contributed by atoms with E-state index in [4.69, 9.17) is 6.42 Å². The maximum atomic E-state index is 5.49. The van der Waals surface area contributed by atoms with E-state index in [1.807, 2.05) is 6.07 Å². The van der Waals surface area contributed by atoms with Crippen LogP contribution in [-0.4, -0.2) is 17.3 Å². The van der Waals surface area contributed by atoms with Gasteiger partial charge in [0.25, 0.3) is 0 Å². The number of rotatable bonds is 0. The largest absolute Gasteiger partial charge is 0.209 e. The minimum Gasteiger partial charge on any atom is -0.202 e. The van der Waals surface area contributed by atoms with Crippen LogP contribution < -0.4 is 0 Å². The summed E-state index contributed by atoms with van der Waals surface area (Å²) in [5, 5.41) is 2.54. The summed E-state index contributed by atoms with van der Waals surface area (Å²) in [6.07, 6.45) is 5.49. The Bertz CT molecular complexity index is 770. The highest BCUT2D eigenvalue weighted by Gasteiger charge is 2.42. The van der Waals surface area contributed by atoms with E-state index >= 15 is 0 Å². The van der Waals surface area contributed by atoms with Crippen molar-refractivity contribution in [2.45, 2.75) is 26.2 Å². The molecule has 3 rings (SSSR count). The lowest BCUT2D eigenvalue weighted by atomic mass is 9.79. The molecule has 0 atom stereocenters. The molecule has 0 saturated heterocycles. The quantitative estimate of drug-likeness (QED) is 0.492. The highest BCUT2D eigenvalue weighted by Crippen LogP contribution is 2.43. The van der Waals surface area contributed by atoms with Gasteiger partial charge in [0.2, 0.25) is 5.69 Å². The van der Waals surface area contributed by atoms with Crippen LogP contribution in [0.25, 0.3) is 10.8 Å². The number of hydrogen-bond acceptors (Lipinski definition) is 0. The van der Waals surface area contributed by atoms with E-state index < -0.39 is 0 Å². The molecule has 94 valence electrons. The molecule has 0 aromatic heterocycles. The fourth-order valence-electron chi connectivity index (χ4n) is 3.13. The van der Waals surface area contributed by atoms with E-state index in [1.165, 1.54) is 27.7 Å². The van der Waals surface area contributed by atoms with E-state index in [9.17, 15) is 0 Å². The van der Waals surface area contributed by atoms with Gasteiger partial charge in [-0.2, -0.15) is 0 Å². The Morgan fingerprint density at radius 1 is 1.16 bits per heavy atom. The van der Waals surface area contributed by atoms with Gasteiger partial charge in [-0.25, -0.2) is 4.58 Å². The molecule has 1 aliphatic heterocycles. The second-order valence-corrected chi connectivity index (χ2v) is 5.81. The Kier molecular flexibility index (Phi) is 2.34. The predicted molar refractivity (Wildman–Crippen MR) is 81.4 cm³/mol. The molecule has 0 saturated carbocycles. The monoisotopic (exact) mass is 248 g/mol. The third-order valence-corrected chi connectivity index (χ3v) is 4.56. The summed E-state index contributed by atoms with van der Waals surface area (Å²) in [5.41, 5.74) is 5.12. The highest BCUT2D eigenvalue weighted by molar-refractivity contribution is 6.01. The van der Waals surface area contributed by atoms with Crippen LogP contribution in [0.3, 0.4) is 0 Å². The average Bonchev–Trinajstić information content (AvgIpc) is 2.59. The molecule has 2 aromatic rings. The molecule has 19 heavy (non-hydrogen) atoms. The van der Waals surface area contributed by atoms with Gasteiger partial charge in [0.15, 0.2) is 5.71 Å². The minimum atomic E-state index is 0.0707. The van der Waals surface area contributed by atoms with Crippen molar-refractivity contribution in [3.8, 4) is 12.3 Å². The van der Waals surface area contributed by atoms with Gasteiger partial charge in [-0.15, -0.1) is 6.42 Å². The lowest BCUT2D eigenvalue weighted by molar-refractivity contribution is -0.402. The standard InChI is InChI=1S/C18H18N/c1-6-13-7-9-15-14(11-13)8-10-16-17(15)18(3,4)12(2)19(16)5/h1,7-11H,2-5H3/q+1. The van der Waals surface area contributed by atoms with Crippen LogP contribution in [0.1, 0.15) is 31.9 Å². The summed E-state index contributed by atoms with van der Waals surface area (Å²) in [4.78, 5) is 0. The van der Waals surface area contributed by atoms with Crippen LogP contribution >= 0.6 is 0 Å². The third-order valence-electron chi connectivity index (χ3n) is 4.56. The first kappa shape index (κ1) is 12.0. The summed E-state index contributed by atoms with van der Waals surface area (Å²) in [6, 6.07) is 10.7. The number of terminal acetylenes is 1. The molecule has 1 aliphatic rings. The highest BCUT2D eigenvalue weighted by atomic mass is 15.0. The normalized spacial score (nSPS) is 16.6. The number of fused-ring (bicyclic) bond motifs is 3. The summed E-state index contributed by atoms with van der Waals surface area (Å²) >= 11 is 0. The van der Waals surface area contributed by atoms with E-state index in [-0.39, 0.29) is 5.41 Å². The smallest absolute Gasteiger partial charge is 0.202 e. The molecule has 0 N–H and O–H groups in total. The first-order valence-corrected chi connectivity index (χ1v) is 6.58. The Morgan fingerprint density at radius 2 is 1.89 bits per heavy atom. The second kappa shape index (κ2) is 3.71. The lowest BCUT2D eigenvalue weighted by Gasteiger charge is -2.17. The zero-order chi connectivity index (χ0) is 13.8. The van der Waals surface area contributed by atoms with Crippen molar-refractivity contribution in [2.24, 2.45) is 0 Å².